The van der Waals surface area contributed by atoms with Crippen molar-refractivity contribution in [3.05, 3.63) is 34.4 Å². The molecule has 0 aliphatic heterocycles. The number of aromatic nitrogens is 4. The van der Waals surface area contributed by atoms with Gasteiger partial charge in [-0.15, -0.1) is 11.3 Å². The lowest BCUT2D eigenvalue weighted by Crippen LogP contribution is -2.22. The molecule has 104 valence electrons. The molecule has 1 atom stereocenters. The highest BCUT2D eigenvalue weighted by atomic mass is 32.1. The molecule has 0 N–H and O–H groups in total. The number of nitrogens with zero attached hydrogens (tertiary/aromatic N) is 5. The number of hydrogen-bond acceptors (Lipinski definition) is 5. The van der Waals surface area contributed by atoms with Crippen molar-refractivity contribution < 1.29 is 0 Å². The topological polar surface area (TPSA) is 46.8 Å². The minimum absolute atomic E-state index is 0.270. The maximum atomic E-state index is 4.44. The van der Waals surface area contributed by atoms with Crippen LogP contribution in [0.15, 0.2) is 24.7 Å². The van der Waals surface area contributed by atoms with Gasteiger partial charge in [0.1, 0.15) is 12.1 Å². The Kier molecular flexibility index (Phi) is 3.17. The Bertz CT molecular complexity index is 745. The molecule has 0 spiro atoms. The highest BCUT2D eigenvalue weighted by molar-refractivity contribution is 7.12. The fourth-order valence-electron chi connectivity index (χ4n) is 2.28. The van der Waals surface area contributed by atoms with Crippen LogP contribution in [-0.2, 0) is 7.05 Å². The first-order valence-electron chi connectivity index (χ1n) is 6.50. The van der Waals surface area contributed by atoms with Crippen LogP contribution in [0.1, 0.15) is 22.7 Å². The monoisotopic (exact) mass is 287 g/mol. The average Bonchev–Trinajstić information content (AvgIpc) is 3.04. The van der Waals surface area contributed by atoms with Gasteiger partial charge in [-0.3, -0.25) is 4.68 Å². The van der Waals surface area contributed by atoms with Crippen LogP contribution >= 0.6 is 11.3 Å². The summed E-state index contributed by atoms with van der Waals surface area (Å²) in [7, 11) is 3.96. The Morgan fingerprint density at radius 1 is 1.30 bits per heavy atom. The molecular weight excluding hydrogens is 270 g/mol. The van der Waals surface area contributed by atoms with Crippen LogP contribution in [0.25, 0.3) is 11.0 Å². The van der Waals surface area contributed by atoms with Crippen molar-refractivity contribution in [2.75, 3.05) is 11.9 Å². The zero-order valence-electron chi connectivity index (χ0n) is 12.0. The van der Waals surface area contributed by atoms with Crippen molar-refractivity contribution in [1.29, 1.82) is 0 Å². The van der Waals surface area contributed by atoms with E-state index in [-0.39, 0.29) is 6.04 Å². The molecule has 5 nitrogen and oxygen atoms in total. The van der Waals surface area contributed by atoms with E-state index in [2.05, 4.69) is 53.0 Å². The van der Waals surface area contributed by atoms with Gasteiger partial charge in [0.2, 0.25) is 0 Å². The predicted molar refractivity (Wildman–Crippen MR) is 82.2 cm³/mol. The number of hydrogen-bond donors (Lipinski definition) is 0. The normalized spacial score (nSPS) is 12.8. The summed E-state index contributed by atoms with van der Waals surface area (Å²) >= 11 is 1.82. The Balaban J connectivity index is 2.02. The highest BCUT2D eigenvalue weighted by Gasteiger charge is 2.18. The summed E-state index contributed by atoms with van der Waals surface area (Å²) < 4.78 is 1.77. The quantitative estimate of drug-likeness (QED) is 0.743. The Morgan fingerprint density at radius 2 is 2.10 bits per heavy atom. The summed E-state index contributed by atoms with van der Waals surface area (Å²) in [6.07, 6.45) is 3.43. The third kappa shape index (κ3) is 2.06. The molecule has 0 aliphatic carbocycles. The summed E-state index contributed by atoms with van der Waals surface area (Å²) in [5, 5.41) is 5.25. The first-order chi connectivity index (χ1) is 9.58. The van der Waals surface area contributed by atoms with Crippen molar-refractivity contribution in [3.8, 4) is 0 Å². The van der Waals surface area contributed by atoms with Crippen LogP contribution in [-0.4, -0.2) is 26.8 Å². The van der Waals surface area contributed by atoms with Gasteiger partial charge >= 0.3 is 0 Å². The lowest BCUT2D eigenvalue weighted by Gasteiger charge is -2.25. The second-order valence-corrected chi connectivity index (χ2v) is 6.26. The number of anilines is 1. The van der Waals surface area contributed by atoms with Gasteiger partial charge in [0.05, 0.1) is 17.6 Å². The largest absolute Gasteiger partial charge is 0.351 e. The number of thiophene rings is 1. The third-order valence-corrected chi connectivity index (χ3v) is 4.77. The minimum Gasteiger partial charge on any atom is -0.351 e. The van der Waals surface area contributed by atoms with Crippen molar-refractivity contribution in [3.63, 3.8) is 0 Å². The van der Waals surface area contributed by atoms with Gasteiger partial charge in [-0.25, -0.2) is 9.97 Å². The van der Waals surface area contributed by atoms with Crippen molar-refractivity contribution in [2.45, 2.75) is 19.9 Å². The molecule has 20 heavy (non-hydrogen) atoms. The van der Waals surface area contributed by atoms with E-state index < -0.39 is 0 Å². The van der Waals surface area contributed by atoms with Gasteiger partial charge in [0.25, 0.3) is 0 Å². The lowest BCUT2D eigenvalue weighted by molar-refractivity contribution is 0.743. The van der Waals surface area contributed by atoms with Crippen molar-refractivity contribution in [1.82, 2.24) is 19.7 Å². The molecule has 0 saturated heterocycles. The van der Waals surface area contributed by atoms with Crippen molar-refractivity contribution in [2.24, 2.45) is 7.05 Å². The van der Waals surface area contributed by atoms with Crippen LogP contribution in [0.5, 0.6) is 0 Å². The smallest absolute Gasteiger partial charge is 0.163 e. The average molecular weight is 287 g/mol. The second kappa shape index (κ2) is 4.86. The van der Waals surface area contributed by atoms with Crippen LogP contribution in [0, 0.1) is 6.92 Å². The molecule has 0 amide bonds. The van der Waals surface area contributed by atoms with E-state index in [9.17, 15) is 0 Å². The van der Waals surface area contributed by atoms with Gasteiger partial charge in [-0.2, -0.15) is 5.10 Å². The Hall–Kier alpha value is -1.95. The van der Waals surface area contributed by atoms with Crippen LogP contribution < -0.4 is 4.90 Å². The van der Waals surface area contributed by atoms with E-state index >= 15 is 0 Å². The maximum Gasteiger partial charge on any atom is 0.163 e. The Labute approximate surface area is 121 Å². The summed E-state index contributed by atoms with van der Waals surface area (Å²) in [5.74, 6) is 0.918. The van der Waals surface area contributed by atoms with Gasteiger partial charge in [0.15, 0.2) is 5.65 Å². The van der Waals surface area contributed by atoms with Gasteiger partial charge in [0, 0.05) is 23.8 Å². The molecule has 3 rings (SSSR count). The molecule has 0 fully saturated rings. The van der Waals surface area contributed by atoms with Gasteiger partial charge < -0.3 is 4.90 Å². The number of rotatable bonds is 3. The van der Waals surface area contributed by atoms with Crippen molar-refractivity contribution >= 4 is 28.2 Å². The first-order valence-corrected chi connectivity index (χ1v) is 7.31. The fraction of sp³-hybridized carbons (Fsp3) is 0.357. The molecule has 3 heterocycles. The molecule has 0 saturated carbocycles. The zero-order chi connectivity index (χ0) is 14.3. The SMILES string of the molecule is Cc1ccc([C@@H](C)N(C)c2ncnc3c2cnn3C)s1. The molecule has 3 aromatic rings. The minimum atomic E-state index is 0.270. The second-order valence-electron chi connectivity index (χ2n) is 4.94. The zero-order valence-corrected chi connectivity index (χ0v) is 12.8. The van der Waals surface area contributed by atoms with Crippen LogP contribution in [0.2, 0.25) is 0 Å². The maximum absolute atomic E-state index is 4.44. The molecule has 6 heteroatoms. The van der Waals surface area contributed by atoms with Gasteiger partial charge in [-0.1, -0.05) is 0 Å². The van der Waals surface area contributed by atoms with Crippen LogP contribution in [0.3, 0.4) is 0 Å². The predicted octanol–water partition coefficient (Wildman–Crippen LogP) is 2.93. The first kappa shape index (κ1) is 13.1. The van der Waals surface area contributed by atoms with E-state index in [0.717, 1.165) is 16.9 Å². The molecule has 3 aromatic heterocycles. The summed E-state index contributed by atoms with van der Waals surface area (Å²) in [6.45, 7) is 4.32. The standard InChI is InChI=1S/C14H17N5S/c1-9-5-6-12(20-9)10(2)18(3)13-11-7-17-19(4)14(11)16-8-15-13/h5-8,10H,1-4H3/t10-/m1/s1. The van der Waals surface area contributed by atoms with E-state index in [1.165, 1.54) is 9.75 Å². The third-order valence-electron chi connectivity index (χ3n) is 3.60. The number of fused-ring (bicyclic) bond motifs is 1. The van der Waals surface area contributed by atoms with Gasteiger partial charge in [-0.05, 0) is 26.0 Å². The van der Waals surface area contributed by atoms with E-state index in [1.807, 2.05) is 24.6 Å². The highest BCUT2D eigenvalue weighted by Crippen LogP contribution is 2.31. The molecule has 0 aliphatic rings. The van der Waals surface area contributed by atoms with E-state index in [1.54, 1.807) is 11.0 Å². The fourth-order valence-corrected chi connectivity index (χ4v) is 3.26. The molecule has 0 bridgehead atoms. The summed E-state index contributed by atoms with van der Waals surface area (Å²) in [4.78, 5) is 13.6. The molecule has 0 aromatic carbocycles. The lowest BCUT2D eigenvalue weighted by atomic mass is 10.2. The Morgan fingerprint density at radius 3 is 2.80 bits per heavy atom. The van der Waals surface area contributed by atoms with Crippen LogP contribution in [0.4, 0.5) is 5.82 Å². The summed E-state index contributed by atoms with van der Waals surface area (Å²) in [5.41, 5.74) is 0.858. The van der Waals surface area contributed by atoms with E-state index in [0.29, 0.717) is 0 Å². The molecule has 0 unspecified atom stereocenters. The molecular formula is C14H17N5S. The summed E-state index contributed by atoms with van der Waals surface area (Å²) in [6, 6.07) is 4.61. The van der Waals surface area contributed by atoms with E-state index in [4.69, 9.17) is 0 Å². The number of aryl methyl sites for hydroxylation is 2. The molecule has 0 radical (unpaired) electrons.